The highest BCUT2D eigenvalue weighted by Crippen LogP contribution is 2.45. The van der Waals surface area contributed by atoms with E-state index in [4.69, 9.17) is 4.98 Å². The topological polar surface area (TPSA) is 36.4 Å². The highest BCUT2D eigenvalue weighted by atomic mass is 32.1. The normalized spacial score (nSPS) is 18.4. The first-order chi connectivity index (χ1) is 9.85. The van der Waals surface area contributed by atoms with Crippen LogP contribution in [-0.2, 0) is 13.2 Å². The summed E-state index contributed by atoms with van der Waals surface area (Å²) in [7, 11) is 0. The zero-order valence-corrected chi connectivity index (χ0v) is 12.9. The van der Waals surface area contributed by atoms with Gasteiger partial charge in [-0.15, -0.1) is 11.3 Å². The van der Waals surface area contributed by atoms with Crippen molar-refractivity contribution in [1.82, 2.24) is 4.98 Å². The van der Waals surface area contributed by atoms with Crippen LogP contribution in [0.15, 0.2) is 17.5 Å². The van der Waals surface area contributed by atoms with Gasteiger partial charge in [0.05, 0.1) is 23.7 Å². The molecule has 2 fully saturated rings. The molecule has 106 valence electrons. The molecule has 0 amide bonds. The lowest BCUT2D eigenvalue weighted by molar-refractivity contribution is 0.284. The van der Waals surface area contributed by atoms with Crippen LogP contribution >= 0.6 is 22.7 Å². The van der Waals surface area contributed by atoms with E-state index in [1.807, 2.05) is 11.3 Å². The molecule has 0 aromatic carbocycles. The van der Waals surface area contributed by atoms with Crippen LogP contribution in [0.4, 0.5) is 5.13 Å². The molecule has 20 heavy (non-hydrogen) atoms. The molecule has 0 unspecified atom stereocenters. The van der Waals surface area contributed by atoms with Crippen LogP contribution in [0.25, 0.3) is 0 Å². The van der Waals surface area contributed by atoms with Crippen LogP contribution in [0.3, 0.4) is 0 Å². The van der Waals surface area contributed by atoms with Crippen molar-refractivity contribution in [2.75, 3.05) is 4.90 Å². The third kappa shape index (κ3) is 2.50. The van der Waals surface area contributed by atoms with Crippen LogP contribution < -0.4 is 4.90 Å². The maximum absolute atomic E-state index is 9.56. The van der Waals surface area contributed by atoms with E-state index < -0.39 is 0 Å². The van der Waals surface area contributed by atoms with Gasteiger partial charge in [-0.1, -0.05) is 17.4 Å². The van der Waals surface area contributed by atoms with Crippen molar-refractivity contribution in [3.63, 3.8) is 0 Å². The van der Waals surface area contributed by atoms with Crippen LogP contribution in [0.2, 0.25) is 0 Å². The number of thiophene rings is 1. The number of aliphatic hydroxyl groups excluding tert-OH is 1. The first-order valence-corrected chi connectivity index (χ1v) is 8.94. The zero-order valence-electron chi connectivity index (χ0n) is 11.3. The molecule has 0 spiro atoms. The van der Waals surface area contributed by atoms with Gasteiger partial charge < -0.3 is 10.0 Å². The molecule has 0 bridgehead atoms. The fourth-order valence-corrected chi connectivity index (χ4v) is 4.35. The highest BCUT2D eigenvalue weighted by molar-refractivity contribution is 7.15. The van der Waals surface area contributed by atoms with Crippen LogP contribution in [0.1, 0.15) is 47.0 Å². The molecular weight excluding hydrogens is 288 g/mol. The molecule has 0 radical (unpaired) electrons. The molecule has 2 aromatic heterocycles. The lowest BCUT2D eigenvalue weighted by atomic mass is 10.2. The molecule has 2 aromatic rings. The van der Waals surface area contributed by atoms with E-state index in [2.05, 4.69) is 22.4 Å². The van der Waals surface area contributed by atoms with Crippen molar-refractivity contribution in [3.8, 4) is 0 Å². The van der Waals surface area contributed by atoms with Crippen molar-refractivity contribution < 1.29 is 5.11 Å². The number of hydrogen-bond acceptors (Lipinski definition) is 5. The van der Waals surface area contributed by atoms with Crippen molar-refractivity contribution in [1.29, 1.82) is 0 Å². The molecule has 0 saturated heterocycles. The molecular formula is C15H18N2OS2. The lowest BCUT2D eigenvalue weighted by Gasteiger charge is -2.20. The van der Waals surface area contributed by atoms with E-state index in [0.717, 1.165) is 16.6 Å². The zero-order chi connectivity index (χ0) is 13.5. The van der Waals surface area contributed by atoms with Crippen molar-refractivity contribution in [2.24, 2.45) is 0 Å². The Labute approximate surface area is 126 Å². The average molecular weight is 306 g/mol. The number of aromatic nitrogens is 1. The summed E-state index contributed by atoms with van der Waals surface area (Å²) in [5, 5.41) is 12.8. The van der Waals surface area contributed by atoms with Crippen LogP contribution in [0, 0.1) is 0 Å². The molecule has 2 saturated carbocycles. The molecule has 4 rings (SSSR count). The second-order valence-electron chi connectivity index (χ2n) is 5.68. The van der Waals surface area contributed by atoms with Crippen molar-refractivity contribution in [3.05, 3.63) is 33.0 Å². The first kappa shape index (κ1) is 12.8. The molecule has 0 atom stereocenters. The van der Waals surface area contributed by atoms with Crippen LogP contribution in [0.5, 0.6) is 0 Å². The van der Waals surface area contributed by atoms with Gasteiger partial charge in [0.15, 0.2) is 5.13 Å². The third-order valence-electron chi connectivity index (χ3n) is 3.96. The quantitative estimate of drug-likeness (QED) is 0.883. The Morgan fingerprint density at radius 2 is 2.15 bits per heavy atom. The van der Waals surface area contributed by atoms with E-state index in [1.54, 1.807) is 11.3 Å². The Bertz CT molecular complexity index is 585. The van der Waals surface area contributed by atoms with Gasteiger partial charge in [0.1, 0.15) is 0 Å². The number of thiazole rings is 1. The first-order valence-electron chi connectivity index (χ1n) is 7.24. The van der Waals surface area contributed by atoms with Gasteiger partial charge in [-0.2, -0.15) is 0 Å². The summed E-state index contributed by atoms with van der Waals surface area (Å²) in [5.41, 5.74) is 1.17. The number of aliphatic hydroxyl groups is 1. The minimum atomic E-state index is 0.140. The maximum atomic E-state index is 9.56. The Hall–Kier alpha value is -0.910. The largest absolute Gasteiger partial charge is 0.391 e. The Morgan fingerprint density at radius 1 is 1.30 bits per heavy atom. The third-order valence-corrected chi connectivity index (χ3v) is 5.92. The van der Waals surface area contributed by atoms with Gasteiger partial charge >= 0.3 is 0 Å². The molecule has 0 aliphatic heterocycles. The van der Waals surface area contributed by atoms with E-state index in [-0.39, 0.29) is 6.61 Å². The number of anilines is 1. The van der Waals surface area contributed by atoms with Gasteiger partial charge in [-0.25, -0.2) is 4.98 Å². The van der Waals surface area contributed by atoms with E-state index in [9.17, 15) is 5.11 Å². The van der Waals surface area contributed by atoms with Crippen molar-refractivity contribution in [2.45, 2.75) is 50.8 Å². The summed E-state index contributed by atoms with van der Waals surface area (Å²) in [4.78, 5) is 9.80. The number of hydrogen-bond donors (Lipinski definition) is 1. The van der Waals surface area contributed by atoms with Gasteiger partial charge in [0.25, 0.3) is 0 Å². The molecule has 3 nitrogen and oxygen atoms in total. The number of nitrogens with zero attached hydrogens (tertiary/aromatic N) is 2. The van der Waals surface area contributed by atoms with Gasteiger partial charge in [-0.3, -0.25) is 0 Å². The maximum Gasteiger partial charge on any atom is 0.186 e. The van der Waals surface area contributed by atoms with Gasteiger partial charge in [-0.05, 0) is 37.1 Å². The minimum absolute atomic E-state index is 0.140. The van der Waals surface area contributed by atoms with Crippen molar-refractivity contribution >= 4 is 27.8 Å². The minimum Gasteiger partial charge on any atom is -0.391 e. The van der Waals surface area contributed by atoms with E-state index in [0.29, 0.717) is 12.0 Å². The molecule has 2 aliphatic carbocycles. The summed E-state index contributed by atoms with van der Waals surface area (Å²) in [6.07, 6.45) is 5.03. The fourth-order valence-electron chi connectivity index (χ4n) is 2.57. The smallest absolute Gasteiger partial charge is 0.186 e. The second-order valence-corrected chi connectivity index (χ2v) is 7.77. The number of rotatable bonds is 6. The van der Waals surface area contributed by atoms with Gasteiger partial charge in [0.2, 0.25) is 0 Å². The summed E-state index contributed by atoms with van der Waals surface area (Å²) in [6.45, 7) is 1.10. The summed E-state index contributed by atoms with van der Waals surface area (Å²) >= 11 is 3.51. The SMILES string of the molecule is OCc1sc(N(Cc2cccs2)C2CC2)nc1C1CC1. The molecule has 2 heterocycles. The fraction of sp³-hybridized carbons (Fsp3) is 0.533. The van der Waals surface area contributed by atoms with E-state index in [1.165, 1.54) is 36.3 Å². The Morgan fingerprint density at radius 3 is 2.75 bits per heavy atom. The average Bonchev–Trinajstić information content (AvgIpc) is 3.39. The van der Waals surface area contributed by atoms with E-state index >= 15 is 0 Å². The Balaban J connectivity index is 1.62. The molecule has 5 heteroatoms. The predicted octanol–water partition coefficient (Wildman–Crippen LogP) is 3.74. The second kappa shape index (κ2) is 5.13. The summed E-state index contributed by atoms with van der Waals surface area (Å²) in [6, 6.07) is 4.96. The monoisotopic (exact) mass is 306 g/mol. The predicted molar refractivity (Wildman–Crippen MR) is 83.5 cm³/mol. The van der Waals surface area contributed by atoms with Gasteiger partial charge in [0, 0.05) is 16.8 Å². The standard InChI is InChI=1S/C15H18N2OS2/c18-9-13-14(10-3-4-10)16-15(20-13)17(11-5-6-11)8-12-2-1-7-19-12/h1-2,7,10-11,18H,3-6,8-9H2. The lowest BCUT2D eigenvalue weighted by Crippen LogP contribution is -2.24. The molecule has 1 N–H and O–H groups in total. The Kier molecular flexibility index (Phi) is 3.28. The highest BCUT2D eigenvalue weighted by Gasteiger charge is 2.34. The van der Waals surface area contributed by atoms with Crippen LogP contribution in [-0.4, -0.2) is 16.1 Å². The summed E-state index contributed by atoms with van der Waals surface area (Å²) in [5.74, 6) is 0.616. The summed E-state index contributed by atoms with van der Waals surface area (Å²) < 4.78 is 0. The molecule has 2 aliphatic rings.